The number of fused-ring (bicyclic) bond motifs is 1. The van der Waals surface area contributed by atoms with Crippen molar-refractivity contribution in [2.45, 2.75) is 38.1 Å². The average molecular weight is 373 g/mol. The summed E-state index contributed by atoms with van der Waals surface area (Å²) in [5.41, 5.74) is 3.62. The maximum atomic E-state index is 6.65. The summed E-state index contributed by atoms with van der Waals surface area (Å²) in [6.45, 7) is 0. The second kappa shape index (κ2) is 5.89. The molecule has 0 unspecified atom stereocenters. The van der Waals surface area contributed by atoms with Crippen LogP contribution in [0.25, 0.3) is 16.8 Å². The van der Waals surface area contributed by atoms with E-state index in [0.29, 0.717) is 16.7 Å². The van der Waals surface area contributed by atoms with Gasteiger partial charge >= 0.3 is 0 Å². The van der Waals surface area contributed by atoms with E-state index in [1.807, 2.05) is 28.8 Å². The van der Waals surface area contributed by atoms with Gasteiger partial charge in [0, 0.05) is 24.2 Å². The third-order valence-electron chi connectivity index (χ3n) is 4.97. The lowest BCUT2D eigenvalue weighted by Gasteiger charge is -2.11. The third-order valence-corrected chi connectivity index (χ3v) is 5.66. The molecule has 2 heterocycles. The highest BCUT2D eigenvalue weighted by Crippen LogP contribution is 2.37. The van der Waals surface area contributed by atoms with Crippen LogP contribution < -0.4 is 5.32 Å². The number of halogens is 2. The van der Waals surface area contributed by atoms with E-state index in [1.165, 1.54) is 25.7 Å². The molecule has 0 bridgehead atoms. The second-order valence-electron chi connectivity index (χ2n) is 7.11. The molecular weight excluding hydrogens is 355 g/mol. The van der Waals surface area contributed by atoms with E-state index < -0.39 is 0 Å². The SMILES string of the molecule is Clc1cc(-c2ccn3c(CC4CC4)nnc3c2Cl)ccc1NC1CC1. The van der Waals surface area contributed by atoms with E-state index in [0.717, 1.165) is 40.0 Å². The molecule has 3 aromatic rings. The van der Waals surface area contributed by atoms with Crippen LogP contribution >= 0.6 is 23.2 Å². The van der Waals surface area contributed by atoms with Crippen molar-refractivity contribution < 1.29 is 0 Å². The number of nitrogens with one attached hydrogen (secondary N) is 1. The van der Waals surface area contributed by atoms with Gasteiger partial charge in [-0.3, -0.25) is 4.40 Å². The molecule has 1 aromatic carbocycles. The van der Waals surface area contributed by atoms with Crippen molar-refractivity contribution >= 4 is 34.5 Å². The molecule has 5 rings (SSSR count). The number of nitrogens with zero attached hydrogens (tertiary/aromatic N) is 3. The van der Waals surface area contributed by atoms with E-state index in [4.69, 9.17) is 23.2 Å². The fraction of sp³-hybridized carbons (Fsp3) is 0.368. The Morgan fingerprint density at radius 2 is 1.92 bits per heavy atom. The molecule has 1 N–H and O–H groups in total. The van der Waals surface area contributed by atoms with Crippen LogP contribution in [0.2, 0.25) is 10.0 Å². The average Bonchev–Trinajstić information content (AvgIpc) is 3.51. The van der Waals surface area contributed by atoms with Gasteiger partial charge in [0.15, 0.2) is 5.65 Å². The molecule has 6 heteroatoms. The Balaban J connectivity index is 1.51. The molecule has 0 amide bonds. The molecule has 2 saturated carbocycles. The summed E-state index contributed by atoms with van der Waals surface area (Å²) in [5, 5.41) is 13.4. The highest BCUT2D eigenvalue weighted by atomic mass is 35.5. The summed E-state index contributed by atoms with van der Waals surface area (Å²) in [5.74, 6) is 1.75. The fourth-order valence-electron chi connectivity index (χ4n) is 3.16. The Morgan fingerprint density at radius 3 is 2.64 bits per heavy atom. The van der Waals surface area contributed by atoms with E-state index in [2.05, 4.69) is 21.6 Å². The summed E-state index contributed by atoms with van der Waals surface area (Å²) in [7, 11) is 0. The lowest BCUT2D eigenvalue weighted by molar-refractivity contribution is 0.758. The lowest BCUT2D eigenvalue weighted by Crippen LogP contribution is -2.01. The van der Waals surface area contributed by atoms with Gasteiger partial charge in [-0.25, -0.2) is 0 Å². The molecule has 2 fully saturated rings. The van der Waals surface area contributed by atoms with Crippen LogP contribution in [-0.2, 0) is 6.42 Å². The van der Waals surface area contributed by atoms with Gasteiger partial charge in [0.25, 0.3) is 0 Å². The third kappa shape index (κ3) is 2.98. The zero-order valence-electron chi connectivity index (χ0n) is 13.7. The molecule has 2 aromatic heterocycles. The molecule has 0 aliphatic heterocycles. The van der Waals surface area contributed by atoms with Gasteiger partial charge in [0.2, 0.25) is 0 Å². The minimum atomic E-state index is 0.573. The zero-order valence-corrected chi connectivity index (χ0v) is 15.2. The highest BCUT2D eigenvalue weighted by molar-refractivity contribution is 6.36. The van der Waals surface area contributed by atoms with Crippen LogP contribution in [0.5, 0.6) is 0 Å². The lowest BCUT2D eigenvalue weighted by atomic mass is 10.1. The standard InChI is InChI=1S/C19H18Cl2N4/c20-15-10-12(3-6-16(15)22-13-4-5-13)14-7-8-25-17(9-11-1-2-11)23-24-19(25)18(14)21/h3,6-8,10-11,13,22H,1-2,4-5,9H2. The van der Waals surface area contributed by atoms with Crippen molar-refractivity contribution in [3.05, 3.63) is 46.3 Å². The van der Waals surface area contributed by atoms with Crippen molar-refractivity contribution in [2.75, 3.05) is 5.32 Å². The van der Waals surface area contributed by atoms with Gasteiger partial charge in [-0.1, -0.05) is 29.3 Å². The summed E-state index contributed by atoms with van der Waals surface area (Å²) in [6, 6.07) is 8.64. The highest BCUT2D eigenvalue weighted by Gasteiger charge is 2.25. The number of aromatic nitrogens is 3. The summed E-state index contributed by atoms with van der Waals surface area (Å²) in [4.78, 5) is 0. The molecule has 0 atom stereocenters. The van der Waals surface area contributed by atoms with Crippen molar-refractivity contribution in [2.24, 2.45) is 5.92 Å². The zero-order chi connectivity index (χ0) is 17.0. The van der Waals surface area contributed by atoms with E-state index in [-0.39, 0.29) is 0 Å². The number of hydrogen-bond donors (Lipinski definition) is 1. The largest absolute Gasteiger partial charge is 0.381 e. The first-order valence-electron chi connectivity index (χ1n) is 8.77. The van der Waals surface area contributed by atoms with Crippen LogP contribution in [0.4, 0.5) is 5.69 Å². The number of rotatable bonds is 5. The normalized spacial score (nSPS) is 17.2. The van der Waals surface area contributed by atoms with Crippen LogP contribution in [0, 0.1) is 5.92 Å². The minimum absolute atomic E-state index is 0.573. The maximum Gasteiger partial charge on any atom is 0.180 e. The van der Waals surface area contributed by atoms with Crippen molar-refractivity contribution in [3.8, 4) is 11.1 Å². The van der Waals surface area contributed by atoms with Gasteiger partial charge in [-0.05, 0) is 55.4 Å². The van der Waals surface area contributed by atoms with Crippen molar-refractivity contribution in [1.29, 1.82) is 0 Å². The molecule has 0 saturated heterocycles. The molecule has 2 aliphatic rings. The Labute approximate surface area is 156 Å². The Hall–Kier alpha value is -1.78. The van der Waals surface area contributed by atoms with Crippen molar-refractivity contribution in [1.82, 2.24) is 14.6 Å². The predicted octanol–water partition coefficient (Wildman–Crippen LogP) is 5.23. The van der Waals surface area contributed by atoms with Gasteiger partial charge in [-0.15, -0.1) is 10.2 Å². The Kier molecular flexibility index (Phi) is 3.64. The van der Waals surface area contributed by atoms with Crippen LogP contribution in [-0.4, -0.2) is 20.6 Å². The molecule has 4 nitrogen and oxygen atoms in total. The Morgan fingerprint density at radius 1 is 1.08 bits per heavy atom. The van der Waals surface area contributed by atoms with E-state index >= 15 is 0 Å². The molecule has 0 radical (unpaired) electrons. The minimum Gasteiger partial charge on any atom is -0.381 e. The van der Waals surface area contributed by atoms with E-state index in [9.17, 15) is 0 Å². The first-order valence-corrected chi connectivity index (χ1v) is 9.53. The fourth-order valence-corrected chi connectivity index (χ4v) is 3.70. The first kappa shape index (κ1) is 15.5. The molecular formula is C19H18Cl2N4. The topological polar surface area (TPSA) is 42.2 Å². The summed E-state index contributed by atoms with van der Waals surface area (Å²) < 4.78 is 2.01. The van der Waals surface area contributed by atoms with Crippen LogP contribution in [0.15, 0.2) is 30.5 Å². The maximum absolute atomic E-state index is 6.65. The number of pyridine rings is 1. The number of anilines is 1. The second-order valence-corrected chi connectivity index (χ2v) is 7.90. The first-order chi connectivity index (χ1) is 12.2. The molecule has 25 heavy (non-hydrogen) atoms. The molecule has 0 spiro atoms. The molecule has 2 aliphatic carbocycles. The predicted molar refractivity (Wildman–Crippen MR) is 102 cm³/mol. The smallest absolute Gasteiger partial charge is 0.180 e. The van der Waals surface area contributed by atoms with Crippen LogP contribution in [0.3, 0.4) is 0 Å². The van der Waals surface area contributed by atoms with Gasteiger partial charge < -0.3 is 5.32 Å². The quantitative estimate of drug-likeness (QED) is 0.666. The van der Waals surface area contributed by atoms with Crippen LogP contribution in [0.1, 0.15) is 31.5 Å². The number of hydrogen-bond acceptors (Lipinski definition) is 3. The molecule has 128 valence electrons. The van der Waals surface area contributed by atoms with Crippen molar-refractivity contribution in [3.63, 3.8) is 0 Å². The van der Waals surface area contributed by atoms with Gasteiger partial charge in [-0.2, -0.15) is 0 Å². The Bertz CT molecular complexity index is 957. The van der Waals surface area contributed by atoms with Gasteiger partial charge in [0.05, 0.1) is 15.7 Å². The van der Waals surface area contributed by atoms with Gasteiger partial charge in [0.1, 0.15) is 5.82 Å². The summed E-state index contributed by atoms with van der Waals surface area (Å²) in [6.07, 6.45) is 8.01. The summed E-state index contributed by atoms with van der Waals surface area (Å²) >= 11 is 13.1. The van der Waals surface area contributed by atoms with E-state index in [1.54, 1.807) is 0 Å². The number of benzene rings is 1. The monoisotopic (exact) mass is 372 g/mol.